The monoisotopic (exact) mass is 186 g/mol. The summed E-state index contributed by atoms with van der Waals surface area (Å²) in [4.78, 5) is 2.33. The standard InChI is InChI=1S/C10H19FN2/c1-8-7-13(5-4-11)10(6-12-8)9-2-3-9/h8-10,12H,2-7H2,1H3. The van der Waals surface area contributed by atoms with Gasteiger partial charge in [-0.3, -0.25) is 4.90 Å². The van der Waals surface area contributed by atoms with Crippen molar-refractivity contribution in [3.63, 3.8) is 0 Å². The number of nitrogens with one attached hydrogen (secondary N) is 1. The Bertz CT molecular complexity index is 170. The van der Waals surface area contributed by atoms with E-state index in [1.54, 1.807) is 0 Å². The lowest BCUT2D eigenvalue weighted by atomic mass is 10.1. The van der Waals surface area contributed by atoms with Crippen molar-refractivity contribution < 1.29 is 4.39 Å². The molecule has 13 heavy (non-hydrogen) atoms. The third-order valence-corrected chi connectivity index (χ3v) is 3.19. The van der Waals surface area contributed by atoms with Crippen LogP contribution in [-0.4, -0.2) is 43.3 Å². The van der Waals surface area contributed by atoms with Crippen LogP contribution in [-0.2, 0) is 0 Å². The first kappa shape index (κ1) is 9.41. The van der Waals surface area contributed by atoms with Crippen molar-refractivity contribution in [2.24, 2.45) is 5.92 Å². The maximum atomic E-state index is 12.3. The van der Waals surface area contributed by atoms with Crippen molar-refractivity contribution in [3.8, 4) is 0 Å². The van der Waals surface area contributed by atoms with Crippen LogP contribution in [0.2, 0.25) is 0 Å². The normalized spacial score (nSPS) is 36.5. The molecule has 2 nitrogen and oxygen atoms in total. The van der Waals surface area contributed by atoms with Crippen molar-refractivity contribution in [3.05, 3.63) is 0 Å². The van der Waals surface area contributed by atoms with Crippen LogP contribution in [0, 0.1) is 5.92 Å². The number of halogens is 1. The zero-order valence-electron chi connectivity index (χ0n) is 8.30. The third-order valence-electron chi connectivity index (χ3n) is 3.19. The molecule has 1 heterocycles. The molecule has 0 radical (unpaired) electrons. The first-order valence-corrected chi connectivity index (χ1v) is 5.34. The Balaban J connectivity index is 1.90. The van der Waals surface area contributed by atoms with E-state index in [9.17, 15) is 4.39 Å². The van der Waals surface area contributed by atoms with Gasteiger partial charge in [0.05, 0.1) is 0 Å². The van der Waals surface area contributed by atoms with Gasteiger partial charge < -0.3 is 5.32 Å². The molecule has 0 amide bonds. The number of hydrogen-bond acceptors (Lipinski definition) is 2. The number of hydrogen-bond donors (Lipinski definition) is 1. The molecule has 0 aromatic carbocycles. The molecule has 2 atom stereocenters. The summed E-state index contributed by atoms with van der Waals surface area (Å²) >= 11 is 0. The van der Waals surface area contributed by atoms with Crippen LogP contribution in [0.3, 0.4) is 0 Å². The van der Waals surface area contributed by atoms with Gasteiger partial charge in [0.25, 0.3) is 0 Å². The van der Waals surface area contributed by atoms with Crippen molar-refractivity contribution in [2.75, 3.05) is 26.3 Å². The number of nitrogens with zero attached hydrogens (tertiary/aromatic N) is 1. The van der Waals surface area contributed by atoms with Gasteiger partial charge >= 0.3 is 0 Å². The van der Waals surface area contributed by atoms with Crippen LogP contribution in [0.5, 0.6) is 0 Å². The van der Waals surface area contributed by atoms with Gasteiger partial charge in [0.2, 0.25) is 0 Å². The van der Waals surface area contributed by atoms with Gasteiger partial charge in [-0.2, -0.15) is 0 Å². The molecule has 0 aromatic rings. The van der Waals surface area contributed by atoms with E-state index in [2.05, 4.69) is 17.1 Å². The van der Waals surface area contributed by atoms with E-state index in [4.69, 9.17) is 0 Å². The Kier molecular flexibility index (Phi) is 2.84. The van der Waals surface area contributed by atoms with Crippen LogP contribution >= 0.6 is 0 Å². The highest BCUT2D eigenvalue weighted by Gasteiger charge is 2.37. The lowest BCUT2D eigenvalue weighted by molar-refractivity contribution is 0.111. The first-order chi connectivity index (χ1) is 6.31. The zero-order chi connectivity index (χ0) is 9.26. The molecule has 1 saturated carbocycles. The van der Waals surface area contributed by atoms with Crippen LogP contribution < -0.4 is 5.32 Å². The molecule has 3 heteroatoms. The summed E-state index contributed by atoms with van der Waals surface area (Å²) in [6.07, 6.45) is 2.70. The highest BCUT2D eigenvalue weighted by atomic mass is 19.1. The lowest BCUT2D eigenvalue weighted by Crippen LogP contribution is -2.56. The Hall–Kier alpha value is -0.150. The molecule has 1 N–H and O–H groups in total. The molecule has 0 bridgehead atoms. The zero-order valence-corrected chi connectivity index (χ0v) is 8.30. The smallest absolute Gasteiger partial charge is 0.102 e. The maximum absolute atomic E-state index is 12.3. The summed E-state index contributed by atoms with van der Waals surface area (Å²) < 4.78 is 12.3. The minimum absolute atomic E-state index is 0.198. The molecule has 1 aliphatic heterocycles. The second kappa shape index (κ2) is 3.93. The first-order valence-electron chi connectivity index (χ1n) is 5.34. The topological polar surface area (TPSA) is 15.3 Å². The van der Waals surface area contributed by atoms with Crippen molar-refractivity contribution in [1.82, 2.24) is 10.2 Å². The maximum Gasteiger partial charge on any atom is 0.102 e. The Labute approximate surface area is 79.5 Å². The van der Waals surface area contributed by atoms with Gasteiger partial charge in [0.1, 0.15) is 6.67 Å². The van der Waals surface area contributed by atoms with E-state index >= 15 is 0 Å². The van der Waals surface area contributed by atoms with Gasteiger partial charge in [-0.15, -0.1) is 0 Å². The van der Waals surface area contributed by atoms with E-state index < -0.39 is 0 Å². The summed E-state index contributed by atoms with van der Waals surface area (Å²) in [5.74, 6) is 0.853. The molecule has 2 unspecified atom stereocenters. The Morgan fingerprint density at radius 1 is 1.46 bits per heavy atom. The summed E-state index contributed by atoms with van der Waals surface area (Å²) in [6.45, 7) is 4.69. The van der Waals surface area contributed by atoms with Crippen molar-refractivity contribution in [2.45, 2.75) is 31.8 Å². The molecule has 2 rings (SSSR count). The quantitative estimate of drug-likeness (QED) is 0.708. The predicted molar refractivity (Wildman–Crippen MR) is 51.5 cm³/mol. The average molecular weight is 186 g/mol. The summed E-state index contributed by atoms with van der Waals surface area (Å²) in [5.41, 5.74) is 0. The SMILES string of the molecule is CC1CN(CCF)C(C2CC2)CN1. The second-order valence-electron chi connectivity index (χ2n) is 4.40. The minimum atomic E-state index is -0.198. The molecule has 76 valence electrons. The van der Waals surface area contributed by atoms with Gasteiger partial charge in [-0.25, -0.2) is 4.39 Å². The van der Waals surface area contributed by atoms with E-state index in [1.165, 1.54) is 12.8 Å². The highest BCUT2D eigenvalue weighted by Crippen LogP contribution is 2.36. The van der Waals surface area contributed by atoms with Crippen LogP contribution in [0.15, 0.2) is 0 Å². The number of piperazine rings is 1. The van der Waals surface area contributed by atoms with E-state index in [0.717, 1.165) is 19.0 Å². The van der Waals surface area contributed by atoms with Gasteiger partial charge in [0, 0.05) is 31.7 Å². The van der Waals surface area contributed by atoms with Crippen LogP contribution in [0.25, 0.3) is 0 Å². The van der Waals surface area contributed by atoms with E-state index in [-0.39, 0.29) is 6.67 Å². The minimum Gasteiger partial charge on any atom is -0.311 e. The van der Waals surface area contributed by atoms with Gasteiger partial charge in [-0.1, -0.05) is 0 Å². The van der Waals surface area contributed by atoms with Crippen LogP contribution in [0.4, 0.5) is 4.39 Å². The highest BCUT2D eigenvalue weighted by molar-refractivity contribution is 4.93. The lowest BCUT2D eigenvalue weighted by Gasteiger charge is -2.39. The predicted octanol–water partition coefficient (Wildman–Crippen LogP) is 1.03. The molecule has 0 spiro atoms. The fourth-order valence-electron chi connectivity index (χ4n) is 2.31. The largest absolute Gasteiger partial charge is 0.311 e. The molecular weight excluding hydrogens is 167 g/mol. The molecule has 2 fully saturated rings. The molecule has 0 aromatic heterocycles. The van der Waals surface area contributed by atoms with Crippen LogP contribution in [0.1, 0.15) is 19.8 Å². The van der Waals surface area contributed by atoms with E-state index in [1.807, 2.05) is 0 Å². The number of alkyl halides is 1. The summed E-state index contributed by atoms with van der Waals surface area (Å²) in [5, 5.41) is 3.48. The number of rotatable bonds is 3. The Morgan fingerprint density at radius 3 is 2.85 bits per heavy atom. The molecular formula is C10H19FN2. The fraction of sp³-hybridized carbons (Fsp3) is 1.00. The van der Waals surface area contributed by atoms with E-state index in [0.29, 0.717) is 18.6 Å². The fourth-order valence-corrected chi connectivity index (χ4v) is 2.31. The average Bonchev–Trinajstić information content (AvgIpc) is 2.88. The van der Waals surface area contributed by atoms with Crippen molar-refractivity contribution in [1.29, 1.82) is 0 Å². The summed E-state index contributed by atoms with van der Waals surface area (Å²) in [6, 6.07) is 1.15. The van der Waals surface area contributed by atoms with Crippen molar-refractivity contribution >= 4 is 0 Å². The van der Waals surface area contributed by atoms with Gasteiger partial charge in [-0.05, 0) is 25.7 Å². The molecule has 2 aliphatic rings. The molecule has 1 saturated heterocycles. The Morgan fingerprint density at radius 2 is 2.23 bits per heavy atom. The second-order valence-corrected chi connectivity index (χ2v) is 4.40. The van der Waals surface area contributed by atoms with Gasteiger partial charge in [0.15, 0.2) is 0 Å². The third kappa shape index (κ3) is 2.20. The summed E-state index contributed by atoms with van der Waals surface area (Å²) in [7, 11) is 0. The molecule has 1 aliphatic carbocycles.